The number of carbonyl (C=O) groups excluding carboxylic acids is 2. The number of aromatic hydroxyl groups is 1. The van der Waals surface area contributed by atoms with Gasteiger partial charge in [-0.25, -0.2) is 9.59 Å². The first kappa shape index (κ1) is 27.2. The van der Waals surface area contributed by atoms with E-state index in [0.29, 0.717) is 16.7 Å². The molecule has 196 valence electrons. The molecule has 1 saturated heterocycles. The zero-order valence-electron chi connectivity index (χ0n) is 21.1. The van der Waals surface area contributed by atoms with Gasteiger partial charge in [-0.1, -0.05) is 12.1 Å². The molecule has 0 unspecified atom stereocenters. The highest BCUT2D eigenvalue weighted by molar-refractivity contribution is 6.05. The van der Waals surface area contributed by atoms with Crippen molar-refractivity contribution in [2.45, 2.75) is 71.1 Å². The minimum Gasteiger partial charge on any atom is -0.505 e. The lowest BCUT2D eigenvalue weighted by Gasteiger charge is -2.48. The maximum absolute atomic E-state index is 12.6. The molecule has 0 saturated carbocycles. The van der Waals surface area contributed by atoms with Gasteiger partial charge in [0.05, 0.1) is 17.1 Å². The molecule has 1 aromatic carbocycles. The monoisotopic (exact) mass is 504 g/mol. The van der Waals surface area contributed by atoms with Crippen LogP contribution >= 0.6 is 0 Å². The van der Waals surface area contributed by atoms with E-state index >= 15 is 0 Å². The number of allylic oxidation sites excluding steroid dienone is 1. The third kappa shape index (κ3) is 5.08. The minimum absolute atomic E-state index is 0.125. The highest BCUT2D eigenvalue weighted by Crippen LogP contribution is 2.37. The number of aliphatic hydroxyl groups excluding tert-OH is 1. The number of anilines is 1. The first-order valence-electron chi connectivity index (χ1n) is 11.4. The van der Waals surface area contributed by atoms with Crippen molar-refractivity contribution in [1.29, 1.82) is 0 Å². The second-order valence-electron chi connectivity index (χ2n) is 9.28. The lowest BCUT2D eigenvalue weighted by Crippen LogP contribution is -2.64. The second-order valence-corrected chi connectivity index (χ2v) is 9.28. The van der Waals surface area contributed by atoms with Gasteiger partial charge >= 0.3 is 11.7 Å². The number of nitrogens with one attached hydrogen (secondary N) is 1. The third-order valence-electron chi connectivity index (χ3n) is 6.52. The maximum atomic E-state index is 12.6. The van der Waals surface area contributed by atoms with Gasteiger partial charge in [-0.05, 0) is 51.8 Å². The van der Waals surface area contributed by atoms with Gasteiger partial charge < -0.3 is 39.9 Å². The van der Waals surface area contributed by atoms with Crippen molar-refractivity contribution in [1.82, 2.24) is 0 Å². The Balaban J connectivity index is 1.98. The van der Waals surface area contributed by atoms with Crippen molar-refractivity contribution >= 4 is 28.7 Å². The van der Waals surface area contributed by atoms with Crippen LogP contribution in [0.15, 0.2) is 33.0 Å². The van der Waals surface area contributed by atoms with Gasteiger partial charge in [0.15, 0.2) is 17.5 Å². The van der Waals surface area contributed by atoms with Crippen molar-refractivity contribution in [3.63, 3.8) is 0 Å². The molecule has 1 aliphatic heterocycles. The summed E-state index contributed by atoms with van der Waals surface area (Å²) in [7, 11) is 1.42. The first-order chi connectivity index (χ1) is 16.8. The Morgan fingerprint density at radius 3 is 2.56 bits per heavy atom. The van der Waals surface area contributed by atoms with E-state index in [-0.39, 0.29) is 23.1 Å². The van der Waals surface area contributed by atoms with E-state index in [1.54, 1.807) is 52.8 Å². The molecular weight excluding hydrogens is 472 g/mol. The molecule has 1 fully saturated rings. The quantitative estimate of drug-likeness (QED) is 0.340. The van der Waals surface area contributed by atoms with E-state index < -0.39 is 53.4 Å². The average Bonchev–Trinajstić information content (AvgIpc) is 2.80. The fourth-order valence-corrected chi connectivity index (χ4v) is 4.48. The smallest absolute Gasteiger partial charge is 0.404 e. The third-order valence-corrected chi connectivity index (χ3v) is 6.52. The van der Waals surface area contributed by atoms with Crippen molar-refractivity contribution in [2.75, 3.05) is 12.4 Å². The van der Waals surface area contributed by atoms with E-state index in [0.717, 1.165) is 0 Å². The lowest BCUT2D eigenvalue weighted by atomic mass is 9.84. The van der Waals surface area contributed by atoms with E-state index in [2.05, 4.69) is 5.32 Å². The summed E-state index contributed by atoms with van der Waals surface area (Å²) in [5, 5.41) is 24.3. The summed E-state index contributed by atoms with van der Waals surface area (Å²) in [4.78, 5) is 36.3. The van der Waals surface area contributed by atoms with E-state index in [9.17, 15) is 24.6 Å². The number of aryl methyl sites for hydroxylation is 1. The summed E-state index contributed by atoms with van der Waals surface area (Å²) in [5.74, 6) is -0.956. The van der Waals surface area contributed by atoms with Crippen LogP contribution in [0.25, 0.3) is 11.0 Å². The molecule has 2 aromatic rings. The fourth-order valence-electron chi connectivity index (χ4n) is 4.48. The van der Waals surface area contributed by atoms with Crippen molar-refractivity contribution in [3.05, 3.63) is 45.3 Å². The maximum Gasteiger partial charge on any atom is 0.404 e. The molecule has 11 heteroatoms. The number of benzene rings is 1. The molecule has 36 heavy (non-hydrogen) atoms. The molecule has 5 N–H and O–H groups in total. The van der Waals surface area contributed by atoms with Gasteiger partial charge in [-0.3, -0.25) is 4.79 Å². The number of hydrogen-bond acceptors (Lipinski definition) is 9. The number of hydrogen-bond donors (Lipinski definition) is 4. The normalized spacial score (nSPS) is 23.9. The van der Waals surface area contributed by atoms with Crippen LogP contribution in [0.5, 0.6) is 5.75 Å². The standard InChI is InChI=1S/C25H32N2O9/c1-7-11(2)22(30)27-16-17(28)14-9-8-13(12(3)19(14)34-23(16)31)10-15-18(29)20(35-24(26)32)21(33-6)25(4,5)36-15/h7-9,15,18,20-21,28-29H,10H2,1-6H3,(H2,26,32)(H,27,30)/b11-7+/t15-,18-,20-,21+/m0/s1. The molecule has 0 bridgehead atoms. The van der Waals surface area contributed by atoms with Crippen LogP contribution in [0.3, 0.4) is 0 Å². The predicted molar refractivity (Wildman–Crippen MR) is 131 cm³/mol. The number of nitrogens with two attached hydrogens (primary N) is 1. The molecule has 0 spiro atoms. The van der Waals surface area contributed by atoms with Crippen LogP contribution in [-0.4, -0.2) is 59.3 Å². The van der Waals surface area contributed by atoms with Gasteiger partial charge in [-0.2, -0.15) is 0 Å². The van der Waals surface area contributed by atoms with Crippen LogP contribution in [0.4, 0.5) is 10.5 Å². The predicted octanol–water partition coefficient (Wildman–Crippen LogP) is 2.27. The van der Waals surface area contributed by atoms with Gasteiger partial charge in [0.2, 0.25) is 0 Å². The number of methoxy groups -OCH3 is 1. The van der Waals surface area contributed by atoms with Crippen molar-refractivity contribution < 1.29 is 38.4 Å². The summed E-state index contributed by atoms with van der Waals surface area (Å²) < 4.78 is 22.2. The largest absolute Gasteiger partial charge is 0.505 e. The topological polar surface area (TPSA) is 171 Å². The van der Waals surface area contributed by atoms with Crippen molar-refractivity contribution in [3.8, 4) is 5.75 Å². The summed E-state index contributed by atoms with van der Waals surface area (Å²) in [5.41, 5.74) is 4.67. The van der Waals surface area contributed by atoms with Crippen molar-refractivity contribution in [2.24, 2.45) is 5.73 Å². The Labute approximate surface area is 207 Å². The van der Waals surface area contributed by atoms with Gasteiger partial charge in [0.25, 0.3) is 5.91 Å². The SMILES string of the molecule is C/C=C(\C)C(=O)Nc1c(O)c2ccc(C[C@@H]3OC(C)(C)[C@H](OC)[C@@H](OC(N)=O)[C@H]3O)c(C)c2oc1=O. The minimum atomic E-state index is -1.27. The Kier molecular flexibility index (Phi) is 7.77. The summed E-state index contributed by atoms with van der Waals surface area (Å²) in [6, 6.07) is 3.24. The first-order valence-corrected chi connectivity index (χ1v) is 11.4. The molecule has 11 nitrogen and oxygen atoms in total. The molecule has 0 aliphatic carbocycles. The average molecular weight is 505 g/mol. The second kappa shape index (κ2) is 10.3. The summed E-state index contributed by atoms with van der Waals surface area (Å²) in [6.07, 6.45) is -3.26. The molecule has 1 aliphatic rings. The Morgan fingerprint density at radius 2 is 1.97 bits per heavy atom. The van der Waals surface area contributed by atoms with Gasteiger partial charge in [0, 0.05) is 19.1 Å². The summed E-state index contributed by atoms with van der Waals surface area (Å²) >= 11 is 0. The number of ether oxygens (including phenoxy) is 3. The number of rotatable bonds is 6. The summed E-state index contributed by atoms with van der Waals surface area (Å²) in [6.45, 7) is 8.43. The zero-order valence-corrected chi connectivity index (χ0v) is 21.1. The molecule has 4 atom stereocenters. The highest BCUT2D eigenvalue weighted by atomic mass is 16.6. The van der Waals surface area contributed by atoms with Gasteiger partial charge in [-0.15, -0.1) is 0 Å². The molecular formula is C25H32N2O9. The Hall–Kier alpha value is -3.41. The number of fused-ring (bicyclic) bond motifs is 1. The molecule has 2 amide bonds. The van der Waals surface area contributed by atoms with E-state index in [1.807, 2.05) is 0 Å². The fraction of sp³-hybridized carbons (Fsp3) is 0.480. The Morgan fingerprint density at radius 1 is 1.31 bits per heavy atom. The molecule has 0 radical (unpaired) electrons. The lowest BCUT2D eigenvalue weighted by molar-refractivity contribution is -0.260. The van der Waals surface area contributed by atoms with Crippen LogP contribution in [0, 0.1) is 6.92 Å². The number of primary amides is 1. The number of aliphatic hydroxyl groups is 1. The van der Waals surface area contributed by atoms with Crippen LogP contribution in [0.2, 0.25) is 0 Å². The Bertz CT molecular complexity index is 1260. The molecule has 3 rings (SSSR count). The number of carbonyl (C=O) groups is 2. The molecule has 1 aromatic heterocycles. The van der Waals surface area contributed by atoms with Gasteiger partial charge in [0.1, 0.15) is 17.8 Å². The van der Waals surface area contributed by atoms with Crippen LogP contribution < -0.4 is 16.7 Å². The van der Waals surface area contributed by atoms with E-state index in [1.165, 1.54) is 7.11 Å². The highest BCUT2D eigenvalue weighted by Gasteiger charge is 2.51. The molecule has 2 heterocycles. The van der Waals surface area contributed by atoms with E-state index in [4.69, 9.17) is 24.4 Å². The van der Waals surface area contributed by atoms with Crippen LogP contribution in [-0.2, 0) is 25.4 Å². The number of amides is 2. The van der Waals surface area contributed by atoms with Crippen LogP contribution in [0.1, 0.15) is 38.8 Å². The zero-order chi connectivity index (χ0) is 26.9.